The van der Waals surface area contributed by atoms with Crippen LogP contribution < -0.4 is 4.74 Å². The third kappa shape index (κ3) is 4.77. The van der Waals surface area contributed by atoms with Gasteiger partial charge >= 0.3 is 6.61 Å². The highest BCUT2D eigenvalue weighted by Gasteiger charge is 2.53. The highest BCUT2D eigenvalue weighted by Crippen LogP contribution is 2.45. The van der Waals surface area contributed by atoms with Gasteiger partial charge in [0, 0.05) is 42.0 Å². The molecule has 2 aliphatic heterocycles. The molecule has 0 unspecified atom stereocenters. The third-order valence-electron chi connectivity index (χ3n) is 7.52. The molecule has 9 heteroatoms. The smallest absolute Gasteiger partial charge is 0.387 e. The van der Waals surface area contributed by atoms with Crippen molar-refractivity contribution in [2.75, 3.05) is 24.6 Å². The lowest BCUT2D eigenvalue weighted by atomic mass is 9.83. The average molecular weight is 479 g/mol. The van der Waals surface area contributed by atoms with Crippen LogP contribution in [-0.2, 0) is 11.2 Å². The molecule has 0 aromatic carbocycles. The zero-order valence-corrected chi connectivity index (χ0v) is 20.1. The molecular formula is C24H32F2N4O2S. The van der Waals surface area contributed by atoms with Crippen LogP contribution in [0.4, 0.5) is 8.78 Å². The number of hydrogen-bond acceptors (Lipinski definition) is 5. The first-order valence-corrected chi connectivity index (χ1v) is 13.4. The molecule has 1 spiro atoms. The lowest BCUT2D eigenvalue weighted by Gasteiger charge is -2.40. The number of ether oxygens (including phenoxy) is 1. The van der Waals surface area contributed by atoms with E-state index >= 15 is 0 Å². The van der Waals surface area contributed by atoms with E-state index in [1.54, 1.807) is 12.3 Å². The first kappa shape index (κ1) is 23.1. The standard InChI is InChI=1S/C24H32F2N4O2S/c1-16(2)30-22(10-21(28-30)18-9-20(12-27-11-18)32-23(25)26)17-3-5-19(6-4-17)29-8-7-24(13-29)14-33(31)15-24/h9-12,16-17,19,23H,3-8,13-15H2,1-2H3/t17-,19+,24?,33?. The molecule has 2 saturated heterocycles. The van der Waals surface area contributed by atoms with E-state index in [0.29, 0.717) is 22.9 Å². The van der Waals surface area contributed by atoms with E-state index in [1.807, 2.05) is 0 Å². The number of nitrogens with zero attached hydrogens (tertiary/aromatic N) is 4. The van der Waals surface area contributed by atoms with Gasteiger partial charge in [-0.25, -0.2) is 0 Å². The number of likely N-dealkylation sites (tertiary alicyclic amines) is 1. The summed E-state index contributed by atoms with van der Waals surface area (Å²) >= 11 is -0.583. The van der Waals surface area contributed by atoms with Crippen LogP contribution >= 0.6 is 0 Å². The number of aromatic nitrogens is 3. The van der Waals surface area contributed by atoms with Crippen molar-refractivity contribution in [2.45, 2.75) is 70.6 Å². The Morgan fingerprint density at radius 2 is 1.91 bits per heavy atom. The van der Waals surface area contributed by atoms with Crippen LogP contribution in [0, 0.1) is 5.41 Å². The molecule has 0 radical (unpaired) electrons. The molecule has 2 aromatic heterocycles. The Kier molecular flexibility index (Phi) is 6.39. The average Bonchev–Trinajstić information content (AvgIpc) is 3.39. The van der Waals surface area contributed by atoms with Crippen molar-refractivity contribution >= 4 is 11.2 Å². The maximum Gasteiger partial charge on any atom is 0.387 e. The molecule has 1 aliphatic carbocycles. The second-order valence-electron chi connectivity index (χ2n) is 10.2. The largest absolute Gasteiger partial charge is 0.616 e. The Morgan fingerprint density at radius 1 is 1.15 bits per heavy atom. The Balaban J connectivity index is 1.28. The predicted molar refractivity (Wildman–Crippen MR) is 124 cm³/mol. The zero-order valence-electron chi connectivity index (χ0n) is 19.3. The van der Waals surface area contributed by atoms with Gasteiger partial charge in [0.2, 0.25) is 0 Å². The summed E-state index contributed by atoms with van der Waals surface area (Å²) in [6, 6.07) is 4.50. The van der Waals surface area contributed by atoms with E-state index in [1.165, 1.54) is 31.2 Å². The first-order valence-electron chi connectivity index (χ1n) is 11.9. The van der Waals surface area contributed by atoms with Crippen LogP contribution in [0.15, 0.2) is 24.5 Å². The van der Waals surface area contributed by atoms with E-state index < -0.39 is 17.8 Å². The molecule has 3 fully saturated rings. The fourth-order valence-corrected chi connectivity index (χ4v) is 7.64. The first-order chi connectivity index (χ1) is 15.8. The number of hydrogen-bond donors (Lipinski definition) is 0. The van der Waals surface area contributed by atoms with E-state index in [2.05, 4.69) is 39.2 Å². The van der Waals surface area contributed by atoms with Gasteiger partial charge in [-0.15, -0.1) is 0 Å². The molecule has 3 aliphatic rings. The summed E-state index contributed by atoms with van der Waals surface area (Å²) in [6.45, 7) is 3.62. The topological polar surface area (TPSA) is 66.2 Å². The molecule has 1 saturated carbocycles. The number of alkyl halides is 2. The van der Waals surface area contributed by atoms with Crippen molar-refractivity contribution < 1.29 is 18.1 Å². The van der Waals surface area contributed by atoms with Crippen LogP contribution in [0.1, 0.15) is 63.6 Å². The van der Waals surface area contributed by atoms with Gasteiger partial charge in [-0.1, -0.05) is 11.2 Å². The molecule has 180 valence electrons. The van der Waals surface area contributed by atoms with E-state index in [9.17, 15) is 13.3 Å². The Hall–Kier alpha value is -1.71. The molecule has 33 heavy (non-hydrogen) atoms. The maximum absolute atomic E-state index is 12.6. The van der Waals surface area contributed by atoms with Gasteiger partial charge in [0.15, 0.2) is 0 Å². The second kappa shape index (κ2) is 9.15. The summed E-state index contributed by atoms with van der Waals surface area (Å²) in [5.74, 6) is 2.27. The summed E-state index contributed by atoms with van der Waals surface area (Å²) in [4.78, 5) is 6.71. The Bertz CT molecular complexity index is 971. The highest BCUT2D eigenvalue weighted by atomic mass is 32.2. The van der Waals surface area contributed by atoms with Crippen LogP contribution in [0.5, 0.6) is 5.75 Å². The Labute approximate surface area is 196 Å². The van der Waals surface area contributed by atoms with Crippen molar-refractivity contribution in [2.24, 2.45) is 5.41 Å². The molecular weight excluding hydrogens is 446 g/mol. The zero-order chi connectivity index (χ0) is 23.2. The van der Waals surface area contributed by atoms with Crippen molar-refractivity contribution in [1.29, 1.82) is 0 Å². The van der Waals surface area contributed by atoms with E-state index in [4.69, 9.17) is 5.10 Å². The minimum absolute atomic E-state index is 0.0438. The molecule has 0 N–H and O–H groups in total. The van der Waals surface area contributed by atoms with Crippen LogP contribution in [-0.4, -0.2) is 61.5 Å². The van der Waals surface area contributed by atoms with Crippen molar-refractivity contribution in [3.05, 3.63) is 30.2 Å². The van der Waals surface area contributed by atoms with Gasteiger partial charge in [-0.05, 0) is 64.6 Å². The van der Waals surface area contributed by atoms with Crippen molar-refractivity contribution in [1.82, 2.24) is 19.7 Å². The molecule has 6 nitrogen and oxygen atoms in total. The van der Waals surface area contributed by atoms with Gasteiger partial charge in [-0.2, -0.15) is 13.9 Å². The van der Waals surface area contributed by atoms with Gasteiger partial charge < -0.3 is 9.29 Å². The molecule has 0 amide bonds. The number of rotatable bonds is 6. The predicted octanol–water partition coefficient (Wildman–Crippen LogP) is 4.61. The highest BCUT2D eigenvalue weighted by molar-refractivity contribution is 7.92. The van der Waals surface area contributed by atoms with E-state index in [-0.39, 0.29) is 11.8 Å². The van der Waals surface area contributed by atoms with Gasteiger partial charge in [0.1, 0.15) is 17.3 Å². The number of halogens is 2. The minimum Gasteiger partial charge on any atom is -0.616 e. The van der Waals surface area contributed by atoms with Crippen molar-refractivity contribution in [3.63, 3.8) is 0 Å². The molecule has 0 bridgehead atoms. The van der Waals surface area contributed by atoms with Gasteiger partial charge in [-0.3, -0.25) is 14.6 Å². The molecule has 5 rings (SSSR count). The molecule has 2 aromatic rings. The minimum atomic E-state index is -2.88. The van der Waals surface area contributed by atoms with Crippen LogP contribution in [0.3, 0.4) is 0 Å². The van der Waals surface area contributed by atoms with E-state index in [0.717, 1.165) is 43.1 Å². The molecule has 4 heterocycles. The van der Waals surface area contributed by atoms with Crippen LogP contribution in [0.25, 0.3) is 11.3 Å². The summed E-state index contributed by atoms with van der Waals surface area (Å²) in [5.41, 5.74) is 2.98. The molecule has 0 atom stereocenters. The normalized spacial score (nSPS) is 30.3. The fraction of sp³-hybridized carbons (Fsp3) is 0.667. The quantitative estimate of drug-likeness (QED) is 0.568. The van der Waals surface area contributed by atoms with Crippen molar-refractivity contribution in [3.8, 4) is 17.0 Å². The third-order valence-corrected chi connectivity index (χ3v) is 9.39. The van der Waals surface area contributed by atoms with Crippen LogP contribution in [0.2, 0.25) is 0 Å². The lowest BCUT2D eigenvalue weighted by Crippen LogP contribution is -2.51. The summed E-state index contributed by atoms with van der Waals surface area (Å²) in [7, 11) is 0. The summed E-state index contributed by atoms with van der Waals surface area (Å²) < 4.78 is 43.5. The summed E-state index contributed by atoms with van der Waals surface area (Å²) in [6.07, 6.45) is 8.70. The van der Waals surface area contributed by atoms with Gasteiger partial charge in [0.25, 0.3) is 0 Å². The summed E-state index contributed by atoms with van der Waals surface area (Å²) in [5, 5.41) is 4.81. The monoisotopic (exact) mass is 478 g/mol. The second-order valence-corrected chi connectivity index (χ2v) is 11.7. The number of pyridine rings is 1. The maximum atomic E-state index is 12.6. The Morgan fingerprint density at radius 3 is 2.58 bits per heavy atom. The lowest BCUT2D eigenvalue weighted by molar-refractivity contribution is -0.0500. The fourth-order valence-electron chi connectivity index (χ4n) is 5.89. The van der Waals surface area contributed by atoms with Gasteiger partial charge in [0.05, 0.1) is 17.3 Å². The SMILES string of the molecule is CC(C)n1nc(-c2cncc(OC(F)F)c2)cc1[C@H]1CC[C@@H](N2CCC3(C2)C[S+]([O-])C3)CC1.